The molecule has 0 amide bonds. The lowest BCUT2D eigenvalue weighted by Crippen LogP contribution is -1.89. The lowest BCUT2D eigenvalue weighted by molar-refractivity contribution is 0.577. The molecule has 0 aliphatic carbocycles. The molecule has 2 rings (SSSR count). The number of nitrogens with zero attached hydrogens (tertiary/aromatic N) is 1. The predicted molar refractivity (Wildman–Crippen MR) is 59.1 cm³/mol. The van der Waals surface area contributed by atoms with Crippen molar-refractivity contribution in [3.63, 3.8) is 0 Å². The largest absolute Gasteiger partial charge is 0.384 e. The molecule has 0 aliphatic heterocycles. The second-order valence-electron chi connectivity index (χ2n) is 3.09. The van der Waals surface area contributed by atoms with Gasteiger partial charge in [-0.2, -0.15) is 0 Å². The van der Waals surface area contributed by atoms with Crippen LogP contribution in [-0.4, -0.2) is 4.98 Å². The van der Waals surface area contributed by atoms with Crippen LogP contribution in [0.2, 0.25) is 0 Å². The normalized spacial score (nSPS) is 10.4. The molecule has 2 nitrogen and oxygen atoms in total. The Balaban J connectivity index is 2.30. The van der Waals surface area contributed by atoms with Gasteiger partial charge in [-0.3, -0.25) is 0 Å². The van der Waals surface area contributed by atoms with Gasteiger partial charge >= 0.3 is 0 Å². The zero-order valence-electron chi connectivity index (χ0n) is 8.15. The quantitative estimate of drug-likeness (QED) is 0.873. The number of rotatable bonds is 2. The molecule has 16 heavy (non-hydrogen) atoms. The summed E-state index contributed by atoms with van der Waals surface area (Å²) in [5, 5.41) is 0. The molecule has 0 spiro atoms. The zero-order valence-corrected chi connectivity index (χ0v) is 8.97. The minimum atomic E-state index is -0.467. The predicted octanol–water partition coefficient (Wildman–Crippen LogP) is 3.09. The molecule has 2 aromatic rings. The monoisotopic (exact) mass is 238 g/mol. The van der Waals surface area contributed by atoms with Crippen LogP contribution in [0.4, 0.5) is 14.6 Å². The van der Waals surface area contributed by atoms with Crippen molar-refractivity contribution in [2.24, 2.45) is 0 Å². The van der Waals surface area contributed by atoms with Gasteiger partial charge in [-0.1, -0.05) is 11.8 Å². The number of nitrogens with two attached hydrogens (primary N) is 1. The molecule has 2 N–H and O–H groups in total. The molecular weight excluding hydrogens is 230 g/mol. The highest BCUT2D eigenvalue weighted by Gasteiger charge is 2.06. The highest BCUT2D eigenvalue weighted by Crippen LogP contribution is 2.30. The van der Waals surface area contributed by atoms with Gasteiger partial charge in [0.25, 0.3) is 0 Å². The zero-order chi connectivity index (χ0) is 11.5. The van der Waals surface area contributed by atoms with Gasteiger partial charge < -0.3 is 5.73 Å². The summed E-state index contributed by atoms with van der Waals surface area (Å²) in [6.07, 6.45) is 1.52. The van der Waals surface area contributed by atoms with Crippen LogP contribution in [0.1, 0.15) is 0 Å². The number of pyridine rings is 1. The maximum atomic E-state index is 13.3. The second kappa shape index (κ2) is 4.49. The highest BCUT2D eigenvalue weighted by molar-refractivity contribution is 7.99. The molecule has 0 unspecified atom stereocenters. The van der Waals surface area contributed by atoms with E-state index >= 15 is 0 Å². The first-order chi connectivity index (χ1) is 7.65. The SMILES string of the molecule is Nc1cc(Sc2cc(F)ccc2F)ccn1. The van der Waals surface area contributed by atoms with Crippen molar-refractivity contribution in [3.05, 3.63) is 48.2 Å². The van der Waals surface area contributed by atoms with Crippen LogP contribution in [0.5, 0.6) is 0 Å². The van der Waals surface area contributed by atoms with Crippen LogP contribution in [0.3, 0.4) is 0 Å². The molecule has 5 heteroatoms. The lowest BCUT2D eigenvalue weighted by atomic mass is 10.3. The minimum Gasteiger partial charge on any atom is -0.384 e. The van der Waals surface area contributed by atoms with Gasteiger partial charge in [0.05, 0.1) is 4.90 Å². The van der Waals surface area contributed by atoms with E-state index in [4.69, 9.17) is 5.73 Å². The first-order valence-electron chi connectivity index (χ1n) is 4.49. The summed E-state index contributed by atoms with van der Waals surface area (Å²) in [4.78, 5) is 4.76. The van der Waals surface area contributed by atoms with Crippen LogP contribution in [0.15, 0.2) is 46.3 Å². The molecule has 0 atom stereocenters. The van der Waals surface area contributed by atoms with Crippen LogP contribution >= 0.6 is 11.8 Å². The van der Waals surface area contributed by atoms with E-state index in [9.17, 15) is 8.78 Å². The van der Waals surface area contributed by atoms with Crippen LogP contribution in [-0.2, 0) is 0 Å². The van der Waals surface area contributed by atoms with Gasteiger partial charge in [0, 0.05) is 11.1 Å². The fraction of sp³-hybridized carbons (Fsp3) is 0. The van der Waals surface area contributed by atoms with E-state index in [0.29, 0.717) is 5.82 Å². The Bertz CT molecular complexity index is 517. The first-order valence-corrected chi connectivity index (χ1v) is 5.31. The Kier molecular flexibility index (Phi) is 3.05. The van der Waals surface area contributed by atoms with Crippen molar-refractivity contribution in [2.75, 3.05) is 5.73 Å². The third-order valence-corrected chi connectivity index (χ3v) is 2.90. The average molecular weight is 238 g/mol. The Morgan fingerprint density at radius 1 is 1.12 bits per heavy atom. The van der Waals surface area contributed by atoms with E-state index in [1.165, 1.54) is 6.20 Å². The molecule has 1 aromatic carbocycles. The molecule has 0 saturated heterocycles. The van der Waals surface area contributed by atoms with Crippen LogP contribution in [0.25, 0.3) is 0 Å². The molecule has 0 radical (unpaired) electrons. The number of anilines is 1. The van der Waals surface area contributed by atoms with Gasteiger partial charge in [-0.15, -0.1) is 0 Å². The van der Waals surface area contributed by atoms with E-state index < -0.39 is 11.6 Å². The topological polar surface area (TPSA) is 38.9 Å². The fourth-order valence-electron chi connectivity index (χ4n) is 1.17. The molecule has 0 fully saturated rings. The van der Waals surface area contributed by atoms with Gasteiger partial charge in [-0.25, -0.2) is 13.8 Å². The fourth-order valence-corrected chi connectivity index (χ4v) is 2.07. The Hall–Kier alpha value is -1.62. The third-order valence-electron chi connectivity index (χ3n) is 1.87. The van der Waals surface area contributed by atoms with Crippen molar-refractivity contribution < 1.29 is 8.78 Å². The number of aromatic nitrogens is 1. The maximum Gasteiger partial charge on any atom is 0.137 e. The smallest absolute Gasteiger partial charge is 0.137 e. The number of nitrogen functional groups attached to an aromatic ring is 1. The second-order valence-corrected chi connectivity index (χ2v) is 4.21. The van der Waals surface area contributed by atoms with Crippen molar-refractivity contribution in [2.45, 2.75) is 9.79 Å². The lowest BCUT2D eigenvalue weighted by Gasteiger charge is -2.03. The van der Waals surface area contributed by atoms with Crippen molar-refractivity contribution in [3.8, 4) is 0 Å². The standard InChI is InChI=1S/C11H8F2N2S/c12-7-1-2-9(13)10(5-7)16-8-3-4-15-11(14)6-8/h1-6H,(H2,14,15). The van der Waals surface area contributed by atoms with Crippen molar-refractivity contribution in [1.82, 2.24) is 4.98 Å². The summed E-state index contributed by atoms with van der Waals surface area (Å²) in [5.74, 6) is -0.575. The molecule has 0 bridgehead atoms. The van der Waals surface area contributed by atoms with E-state index in [2.05, 4.69) is 4.98 Å². The van der Waals surface area contributed by atoms with E-state index in [0.717, 1.165) is 34.9 Å². The molecule has 1 heterocycles. The Labute approximate surface area is 95.5 Å². The average Bonchev–Trinajstić information content (AvgIpc) is 2.24. The van der Waals surface area contributed by atoms with Crippen molar-refractivity contribution in [1.29, 1.82) is 0 Å². The molecule has 1 aromatic heterocycles. The minimum absolute atomic E-state index is 0.227. The number of halogens is 2. The molecule has 0 aliphatic rings. The Morgan fingerprint density at radius 2 is 1.94 bits per heavy atom. The Morgan fingerprint density at radius 3 is 2.69 bits per heavy atom. The molecule has 0 saturated carbocycles. The van der Waals surface area contributed by atoms with Gasteiger partial charge in [-0.05, 0) is 30.3 Å². The van der Waals surface area contributed by atoms with E-state index in [1.807, 2.05) is 0 Å². The van der Waals surface area contributed by atoms with Gasteiger partial charge in [0.2, 0.25) is 0 Å². The highest BCUT2D eigenvalue weighted by atomic mass is 32.2. The van der Waals surface area contributed by atoms with Crippen LogP contribution < -0.4 is 5.73 Å². The molecule has 82 valence electrons. The van der Waals surface area contributed by atoms with E-state index in [1.54, 1.807) is 12.1 Å². The summed E-state index contributed by atoms with van der Waals surface area (Å²) in [7, 11) is 0. The summed E-state index contributed by atoms with van der Waals surface area (Å²) in [6, 6.07) is 6.62. The van der Waals surface area contributed by atoms with Gasteiger partial charge in [0.15, 0.2) is 0 Å². The van der Waals surface area contributed by atoms with Crippen molar-refractivity contribution >= 4 is 17.6 Å². The summed E-state index contributed by atoms with van der Waals surface area (Å²) in [5.41, 5.74) is 5.49. The summed E-state index contributed by atoms with van der Waals surface area (Å²) >= 11 is 1.11. The number of hydrogen-bond acceptors (Lipinski definition) is 3. The first kappa shape index (κ1) is 10.9. The van der Waals surface area contributed by atoms with Gasteiger partial charge in [0.1, 0.15) is 17.5 Å². The summed E-state index contributed by atoms with van der Waals surface area (Å²) < 4.78 is 26.2. The summed E-state index contributed by atoms with van der Waals surface area (Å²) in [6.45, 7) is 0. The number of hydrogen-bond donors (Lipinski definition) is 1. The van der Waals surface area contributed by atoms with E-state index in [-0.39, 0.29) is 4.90 Å². The third kappa shape index (κ3) is 2.49. The van der Waals surface area contributed by atoms with Crippen LogP contribution in [0, 0.1) is 11.6 Å². The number of benzene rings is 1. The molecular formula is C11H8F2N2S. The maximum absolute atomic E-state index is 13.3.